The number of alkyl halides is 2. The van der Waals surface area contributed by atoms with E-state index >= 15 is 8.78 Å². The monoisotopic (exact) mass is 453 g/mol. The van der Waals surface area contributed by atoms with Crippen LogP contribution in [0.2, 0.25) is 0 Å². The van der Waals surface area contributed by atoms with Gasteiger partial charge in [0, 0.05) is 36.5 Å². The van der Waals surface area contributed by atoms with Crippen molar-refractivity contribution in [1.29, 1.82) is 0 Å². The quantitative estimate of drug-likeness (QED) is 0.613. The summed E-state index contributed by atoms with van der Waals surface area (Å²) in [6, 6.07) is 3.68. The number of piperidine rings is 1. The minimum atomic E-state index is -2.85. The van der Waals surface area contributed by atoms with Crippen molar-refractivity contribution in [2.24, 2.45) is 7.05 Å². The lowest BCUT2D eigenvalue weighted by Crippen LogP contribution is -2.63. The average molecular weight is 453 g/mol. The number of aromatic nitrogens is 5. The minimum absolute atomic E-state index is 0.0261. The van der Waals surface area contributed by atoms with Crippen LogP contribution in [0.3, 0.4) is 0 Å². The van der Waals surface area contributed by atoms with E-state index in [9.17, 15) is 5.11 Å². The number of nitrogens with one attached hydrogen (secondary N) is 1. The summed E-state index contributed by atoms with van der Waals surface area (Å²) in [6.07, 6.45) is 8.46. The zero-order chi connectivity index (χ0) is 22.7. The van der Waals surface area contributed by atoms with E-state index in [1.807, 2.05) is 19.3 Å². The van der Waals surface area contributed by atoms with Crippen molar-refractivity contribution in [3.05, 3.63) is 36.8 Å². The van der Waals surface area contributed by atoms with Crippen molar-refractivity contribution >= 4 is 5.95 Å². The number of anilines is 1. The molecule has 1 aliphatic carbocycles. The molecule has 2 saturated heterocycles. The lowest BCUT2D eigenvalue weighted by molar-refractivity contribution is -0.0745. The van der Waals surface area contributed by atoms with Gasteiger partial charge in [-0.25, -0.2) is 13.8 Å². The molecule has 4 heterocycles. The van der Waals surface area contributed by atoms with Crippen LogP contribution in [-0.4, -0.2) is 60.2 Å². The van der Waals surface area contributed by atoms with Crippen LogP contribution in [0.25, 0.3) is 22.4 Å². The molecule has 2 N–H and O–H groups in total. The number of hydrogen-bond acceptors (Lipinski definition) is 7. The maximum absolute atomic E-state index is 15.2. The van der Waals surface area contributed by atoms with Crippen LogP contribution in [-0.2, 0) is 7.05 Å². The molecule has 33 heavy (non-hydrogen) atoms. The smallest absolute Gasteiger partial charge is 0.283 e. The average Bonchev–Trinajstić information content (AvgIpc) is 3.37. The number of rotatable bonds is 5. The fourth-order valence-corrected chi connectivity index (χ4v) is 5.19. The highest BCUT2D eigenvalue weighted by Gasteiger charge is 2.58. The molecule has 0 radical (unpaired) electrons. The van der Waals surface area contributed by atoms with Gasteiger partial charge in [0.25, 0.3) is 5.92 Å². The van der Waals surface area contributed by atoms with E-state index in [1.165, 1.54) is 6.20 Å². The second-order valence-electron chi connectivity index (χ2n) is 9.34. The first-order valence-electron chi connectivity index (χ1n) is 11.3. The van der Waals surface area contributed by atoms with Crippen LogP contribution in [0.5, 0.6) is 5.75 Å². The number of phenolic OH excluding ortho intramolecular Hbond substituents is 1. The molecule has 1 saturated carbocycles. The number of phenols is 1. The molecule has 10 heteroatoms. The number of nitrogens with zero attached hydrogens (tertiary/aromatic N) is 6. The lowest BCUT2D eigenvalue weighted by atomic mass is 9.93. The van der Waals surface area contributed by atoms with Crippen molar-refractivity contribution in [1.82, 2.24) is 30.3 Å². The number of hydrogen-bond donors (Lipinski definition) is 2. The van der Waals surface area contributed by atoms with Gasteiger partial charge in [-0.15, -0.1) is 10.2 Å². The van der Waals surface area contributed by atoms with Gasteiger partial charge in [-0.2, -0.15) is 5.10 Å². The normalized spacial score (nSPS) is 25.8. The van der Waals surface area contributed by atoms with Gasteiger partial charge in [-0.1, -0.05) is 6.07 Å². The Morgan fingerprint density at radius 3 is 2.64 bits per heavy atom. The molecule has 3 aliphatic rings. The number of benzene rings is 1. The van der Waals surface area contributed by atoms with Gasteiger partial charge in [-0.05, 0) is 49.8 Å². The maximum atomic E-state index is 15.2. The molecule has 172 valence electrons. The maximum Gasteiger partial charge on any atom is 0.283 e. The van der Waals surface area contributed by atoms with Gasteiger partial charge in [0.2, 0.25) is 5.95 Å². The van der Waals surface area contributed by atoms with Crippen molar-refractivity contribution in [2.75, 3.05) is 4.90 Å². The summed E-state index contributed by atoms with van der Waals surface area (Å²) in [7, 11) is 1.83. The number of halogens is 2. The molecule has 0 amide bonds. The highest BCUT2D eigenvalue weighted by molar-refractivity contribution is 5.73. The molecule has 8 nitrogen and oxygen atoms in total. The Kier molecular flexibility index (Phi) is 4.62. The van der Waals surface area contributed by atoms with Crippen LogP contribution in [0.15, 0.2) is 36.8 Å². The van der Waals surface area contributed by atoms with Gasteiger partial charge in [0.15, 0.2) is 0 Å². The van der Waals surface area contributed by atoms with E-state index in [1.54, 1.807) is 27.9 Å². The zero-order valence-corrected chi connectivity index (χ0v) is 18.2. The van der Waals surface area contributed by atoms with Crippen molar-refractivity contribution < 1.29 is 13.9 Å². The summed E-state index contributed by atoms with van der Waals surface area (Å²) < 4.78 is 32.2. The van der Waals surface area contributed by atoms with E-state index in [0.717, 1.165) is 30.4 Å². The predicted molar refractivity (Wildman–Crippen MR) is 118 cm³/mol. The third-order valence-electron chi connectivity index (χ3n) is 7.03. The molecular formula is C23H25F2N7O. The molecular weight excluding hydrogens is 428 g/mol. The first kappa shape index (κ1) is 20.5. The third-order valence-corrected chi connectivity index (χ3v) is 7.03. The summed E-state index contributed by atoms with van der Waals surface area (Å²) in [5.41, 5.74) is 2.58. The summed E-state index contributed by atoms with van der Waals surface area (Å²) >= 11 is 0. The van der Waals surface area contributed by atoms with Gasteiger partial charge in [0.1, 0.15) is 11.4 Å². The molecule has 3 fully saturated rings. The topological polar surface area (TPSA) is 92.0 Å². The lowest BCUT2D eigenvalue weighted by Gasteiger charge is -2.43. The Balaban J connectivity index is 1.28. The van der Waals surface area contributed by atoms with Crippen molar-refractivity contribution in [2.45, 2.75) is 62.2 Å². The van der Waals surface area contributed by atoms with Crippen LogP contribution in [0.4, 0.5) is 14.7 Å². The summed E-state index contributed by atoms with van der Waals surface area (Å²) in [4.78, 5) is 6.13. The van der Waals surface area contributed by atoms with Crippen molar-refractivity contribution in [3.63, 3.8) is 0 Å². The molecule has 2 aromatic heterocycles. The standard InChI is InChI=1S/C23H25F2N7O/c1-31-12-14(10-27-31)13-2-6-17(19(33)8-13)18-11-26-22(30-29-18)32(16-4-5-16)21-9-15-3-7-20(28-15)23(21,24)25/h2,6,8,10-12,15-16,20-21,28,33H,3-5,7,9H2,1H3/t15-,20+,21-/m0/s1. The van der Waals surface area contributed by atoms with Crippen molar-refractivity contribution in [3.8, 4) is 28.1 Å². The highest BCUT2D eigenvalue weighted by Crippen LogP contribution is 2.45. The zero-order valence-electron chi connectivity index (χ0n) is 18.2. The van der Waals surface area contributed by atoms with Gasteiger partial charge in [0.05, 0.1) is 24.5 Å². The van der Waals surface area contributed by atoms with E-state index in [2.05, 4.69) is 25.6 Å². The first-order chi connectivity index (χ1) is 15.9. The molecule has 1 aromatic carbocycles. The summed E-state index contributed by atoms with van der Waals surface area (Å²) in [6.45, 7) is 0. The molecule has 3 atom stereocenters. The summed E-state index contributed by atoms with van der Waals surface area (Å²) in [5.74, 6) is -2.57. The minimum Gasteiger partial charge on any atom is -0.507 e. The molecule has 6 rings (SSSR count). The molecule has 0 unspecified atom stereocenters. The fraction of sp³-hybridized carbons (Fsp3) is 0.478. The van der Waals surface area contributed by atoms with Gasteiger partial charge in [-0.3, -0.25) is 4.68 Å². The van der Waals surface area contributed by atoms with E-state index in [0.29, 0.717) is 24.1 Å². The van der Waals surface area contributed by atoms with Gasteiger partial charge >= 0.3 is 0 Å². The van der Waals surface area contributed by atoms with Crippen LogP contribution < -0.4 is 10.2 Å². The van der Waals surface area contributed by atoms with E-state index < -0.39 is 18.0 Å². The second-order valence-corrected chi connectivity index (χ2v) is 9.34. The Morgan fingerprint density at radius 2 is 1.97 bits per heavy atom. The Bertz CT molecular complexity index is 1180. The predicted octanol–water partition coefficient (Wildman–Crippen LogP) is 3.14. The van der Waals surface area contributed by atoms with E-state index in [4.69, 9.17) is 0 Å². The summed E-state index contributed by atoms with van der Waals surface area (Å²) in [5, 5.41) is 26.3. The number of aryl methyl sites for hydroxylation is 1. The van der Waals surface area contributed by atoms with Crippen LogP contribution in [0.1, 0.15) is 32.1 Å². The Labute approximate surface area is 189 Å². The van der Waals surface area contributed by atoms with E-state index in [-0.39, 0.29) is 23.8 Å². The second kappa shape index (κ2) is 7.44. The molecule has 2 aliphatic heterocycles. The fourth-order valence-electron chi connectivity index (χ4n) is 5.19. The number of aromatic hydroxyl groups is 1. The first-order valence-corrected chi connectivity index (χ1v) is 11.3. The third kappa shape index (κ3) is 3.52. The Hall–Kier alpha value is -3.14. The van der Waals surface area contributed by atoms with Gasteiger partial charge < -0.3 is 15.3 Å². The van der Waals surface area contributed by atoms with Crippen LogP contribution >= 0.6 is 0 Å². The molecule has 2 bridgehead atoms. The van der Waals surface area contributed by atoms with Crippen LogP contribution in [0, 0.1) is 0 Å². The number of fused-ring (bicyclic) bond motifs is 2. The highest BCUT2D eigenvalue weighted by atomic mass is 19.3. The molecule has 3 aromatic rings. The molecule has 0 spiro atoms. The Morgan fingerprint density at radius 1 is 1.12 bits per heavy atom. The largest absolute Gasteiger partial charge is 0.507 e. The SMILES string of the molecule is Cn1cc(-c2ccc(-c3cnc(N(C4CC4)[C@H]4C[C@@H]5CC[C@@H](N5)C4(F)F)nn3)c(O)c2)cn1.